The van der Waals surface area contributed by atoms with Crippen LogP contribution in [0, 0.1) is 6.92 Å². The van der Waals surface area contributed by atoms with Crippen molar-refractivity contribution in [2.45, 2.75) is 39.0 Å². The maximum atomic E-state index is 12.8. The Bertz CT molecular complexity index is 733. The lowest BCUT2D eigenvalue weighted by Gasteiger charge is -2.34. The van der Waals surface area contributed by atoms with Gasteiger partial charge in [-0.1, -0.05) is 0 Å². The predicted octanol–water partition coefficient (Wildman–Crippen LogP) is 0.470. The molecule has 24 heavy (non-hydrogen) atoms. The van der Waals surface area contributed by atoms with Crippen LogP contribution in [-0.2, 0) is 16.6 Å². The molecule has 9 heteroatoms. The molecule has 1 aromatic rings. The van der Waals surface area contributed by atoms with E-state index >= 15 is 0 Å². The molecule has 0 radical (unpaired) electrons. The largest absolute Gasteiger partial charge is 0.478 e. The average Bonchev–Trinajstić information content (AvgIpc) is 2.91. The molecule has 0 aromatic carbocycles. The van der Waals surface area contributed by atoms with E-state index in [0.717, 1.165) is 18.5 Å². The van der Waals surface area contributed by atoms with Crippen LogP contribution in [0.2, 0.25) is 0 Å². The molecule has 2 aliphatic rings. The van der Waals surface area contributed by atoms with E-state index in [2.05, 4.69) is 5.10 Å². The Kier molecular flexibility index (Phi) is 4.56. The number of aryl methyl sites for hydroxylation is 1. The lowest BCUT2D eigenvalue weighted by Crippen LogP contribution is -2.52. The Morgan fingerprint density at radius 1 is 1.17 bits per heavy atom. The molecule has 3 heterocycles. The smallest absolute Gasteiger partial charge is 0.274 e. The number of hydrogen-bond donors (Lipinski definition) is 0. The minimum absolute atomic E-state index is 0.153. The van der Waals surface area contributed by atoms with Crippen molar-refractivity contribution in [1.82, 2.24) is 19.0 Å². The van der Waals surface area contributed by atoms with Crippen LogP contribution in [0.3, 0.4) is 0 Å². The van der Waals surface area contributed by atoms with Gasteiger partial charge in [0.1, 0.15) is 0 Å². The summed E-state index contributed by atoms with van der Waals surface area (Å²) in [6, 6.07) is 0. The first-order valence-electron chi connectivity index (χ1n) is 8.31. The van der Waals surface area contributed by atoms with Crippen LogP contribution in [0.5, 0.6) is 5.88 Å². The number of piperazine rings is 1. The normalized spacial score (nSPS) is 19.2. The van der Waals surface area contributed by atoms with Crippen molar-refractivity contribution in [3.63, 3.8) is 0 Å². The zero-order valence-electron chi connectivity index (χ0n) is 14.4. The highest BCUT2D eigenvalue weighted by Gasteiger charge is 2.33. The van der Waals surface area contributed by atoms with Crippen LogP contribution in [0.15, 0.2) is 0 Å². The number of sulfonamides is 1. The molecule has 0 atom stereocenters. The summed E-state index contributed by atoms with van der Waals surface area (Å²) >= 11 is 0. The number of nitrogens with zero attached hydrogens (tertiary/aromatic N) is 4. The number of carbonyl (C=O) groups is 1. The lowest BCUT2D eigenvalue weighted by atomic mass is 10.2. The topological polar surface area (TPSA) is 84.7 Å². The van der Waals surface area contributed by atoms with Crippen LogP contribution in [0.25, 0.3) is 0 Å². The van der Waals surface area contributed by atoms with Crippen molar-refractivity contribution in [1.29, 1.82) is 0 Å². The van der Waals surface area contributed by atoms with E-state index in [0.29, 0.717) is 44.4 Å². The van der Waals surface area contributed by atoms with Crippen molar-refractivity contribution in [3.05, 3.63) is 11.3 Å². The first-order chi connectivity index (χ1) is 11.3. The second-order valence-corrected chi connectivity index (χ2v) is 8.98. The highest BCUT2D eigenvalue weighted by atomic mass is 32.2. The number of hydrogen-bond acceptors (Lipinski definition) is 5. The van der Waals surface area contributed by atoms with Crippen molar-refractivity contribution < 1.29 is 17.9 Å². The van der Waals surface area contributed by atoms with Crippen molar-refractivity contribution in [2.75, 3.05) is 32.8 Å². The second kappa shape index (κ2) is 6.36. The molecule has 134 valence electrons. The van der Waals surface area contributed by atoms with Gasteiger partial charge in [0.25, 0.3) is 5.91 Å². The number of rotatable bonds is 3. The molecular weight excluding hydrogens is 332 g/mol. The van der Waals surface area contributed by atoms with Gasteiger partial charge >= 0.3 is 0 Å². The molecule has 0 N–H and O–H groups in total. The summed E-state index contributed by atoms with van der Waals surface area (Å²) in [4.78, 5) is 14.4. The summed E-state index contributed by atoms with van der Waals surface area (Å²) in [6.07, 6.45) is 0.882. The minimum Gasteiger partial charge on any atom is -0.478 e. The molecule has 2 aliphatic heterocycles. The number of fused-ring (bicyclic) bond motifs is 1. The van der Waals surface area contributed by atoms with E-state index in [4.69, 9.17) is 4.74 Å². The monoisotopic (exact) mass is 356 g/mol. The van der Waals surface area contributed by atoms with Crippen molar-refractivity contribution >= 4 is 15.9 Å². The quantitative estimate of drug-likeness (QED) is 0.786. The van der Waals surface area contributed by atoms with Crippen LogP contribution in [0.4, 0.5) is 0 Å². The Hall–Kier alpha value is -1.61. The number of carbonyl (C=O) groups excluding carboxylic acids is 1. The third-order valence-corrected chi connectivity index (χ3v) is 6.84. The first kappa shape index (κ1) is 17.2. The molecule has 1 saturated heterocycles. The van der Waals surface area contributed by atoms with Gasteiger partial charge in [-0.05, 0) is 20.8 Å². The fraction of sp³-hybridized carbons (Fsp3) is 0.733. The van der Waals surface area contributed by atoms with E-state index in [9.17, 15) is 13.2 Å². The van der Waals surface area contributed by atoms with Gasteiger partial charge in [-0.25, -0.2) is 13.1 Å². The highest BCUT2D eigenvalue weighted by Crippen LogP contribution is 2.26. The Labute approximate surface area is 142 Å². The molecular formula is C15H24N4O4S. The molecule has 1 fully saturated rings. The molecule has 0 bridgehead atoms. The third kappa shape index (κ3) is 2.90. The predicted molar refractivity (Wildman–Crippen MR) is 88.6 cm³/mol. The Balaban J connectivity index is 1.71. The van der Waals surface area contributed by atoms with Crippen LogP contribution in [0.1, 0.15) is 36.3 Å². The summed E-state index contributed by atoms with van der Waals surface area (Å²) in [7, 11) is -3.27. The van der Waals surface area contributed by atoms with Crippen LogP contribution >= 0.6 is 0 Å². The Morgan fingerprint density at radius 3 is 2.42 bits per heavy atom. The number of aromatic nitrogens is 2. The van der Waals surface area contributed by atoms with Crippen LogP contribution in [-0.4, -0.2) is 71.3 Å². The molecule has 0 unspecified atom stereocenters. The SMILES string of the molecule is Cc1c(C(=O)N2CCN(S(=O)(=O)C(C)C)CC2)nn2c1OCCC2. The van der Waals surface area contributed by atoms with Crippen LogP contribution < -0.4 is 4.74 Å². The summed E-state index contributed by atoms with van der Waals surface area (Å²) in [5, 5.41) is 3.94. The van der Waals surface area contributed by atoms with Gasteiger partial charge in [-0.3, -0.25) is 4.79 Å². The molecule has 0 aliphatic carbocycles. The number of amides is 1. The summed E-state index contributed by atoms with van der Waals surface area (Å²) < 4.78 is 33.2. The molecule has 8 nitrogen and oxygen atoms in total. The van der Waals surface area contributed by atoms with Crippen molar-refractivity contribution in [3.8, 4) is 5.88 Å². The van der Waals surface area contributed by atoms with Gasteiger partial charge in [0.15, 0.2) is 5.69 Å². The van der Waals surface area contributed by atoms with E-state index in [-0.39, 0.29) is 5.91 Å². The van der Waals surface area contributed by atoms with Gasteiger partial charge in [0, 0.05) is 44.7 Å². The molecule has 1 aromatic heterocycles. The summed E-state index contributed by atoms with van der Waals surface area (Å²) in [6.45, 7) is 8.01. The second-order valence-electron chi connectivity index (χ2n) is 6.49. The average molecular weight is 356 g/mol. The van der Waals surface area contributed by atoms with E-state index in [1.807, 2.05) is 6.92 Å². The van der Waals surface area contributed by atoms with Crippen molar-refractivity contribution in [2.24, 2.45) is 0 Å². The van der Waals surface area contributed by atoms with Gasteiger partial charge < -0.3 is 9.64 Å². The van der Waals surface area contributed by atoms with Gasteiger partial charge in [-0.2, -0.15) is 9.40 Å². The van der Waals surface area contributed by atoms with Gasteiger partial charge in [-0.15, -0.1) is 0 Å². The summed E-state index contributed by atoms with van der Waals surface area (Å²) in [5.41, 5.74) is 1.17. The fourth-order valence-electron chi connectivity index (χ4n) is 3.05. The molecule has 0 spiro atoms. The van der Waals surface area contributed by atoms with E-state index in [1.165, 1.54) is 4.31 Å². The van der Waals surface area contributed by atoms with Gasteiger partial charge in [0.2, 0.25) is 15.9 Å². The fourth-order valence-corrected chi connectivity index (χ4v) is 4.32. The van der Waals surface area contributed by atoms with E-state index in [1.54, 1.807) is 23.4 Å². The molecule has 1 amide bonds. The van der Waals surface area contributed by atoms with E-state index < -0.39 is 15.3 Å². The maximum Gasteiger partial charge on any atom is 0.274 e. The highest BCUT2D eigenvalue weighted by molar-refractivity contribution is 7.89. The first-order valence-corrected chi connectivity index (χ1v) is 9.81. The standard InChI is InChI=1S/C15H24N4O4S/c1-11(2)24(21,22)18-8-6-17(7-9-18)14(20)13-12(3)15-19(16-13)5-4-10-23-15/h11H,4-10H2,1-3H3. The summed E-state index contributed by atoms with van der Waals surface area (Å²) in [5.74, 6) is 0.519. The molecule has 3 rings (SSSR count). The van der Waals surface area contributed by atoms with Gasteiger partial charge in [0.05, 0.1) is 11.9 Å². The minimum atomic E-state index is -3.27. The maximum absolute atomic E-state index is 12.8. The Morgan fingerprint density at radius 2 is 1.83 bits per heavy atom. The number of ether oxygens (including phenoxy) is 1. The zero-order valence-corrected chi connectivity index (χ0v) is 15.2. The third-order valence-electron chi connectivity index (χ3n) is 4.57. The zero-order chi connectivity index (χ0) is 17.5. The molecule has 0 saturated carbocycles. The lowest BCUT2D eigenvalue weighted by molar-refractivity contribution is 0.0690.